The molecule has 0 spiro atoms. The van der Waals surface area contributed by atoms with Crippen LogP contribution in [0.5, 0.6) is 0 Å². The molecule has 2 unspecified atom stereocenters. The van der Waals surface area contributed by atoms with Crippen molar-refractivity contribution in [3.8, 4) is 0 Å². The third-order valence-electron chi connectivity index (χ3n) is 4.28. The molecule has 3 nitrogen and oxygen atoms in total. The fourth-order valence-corrected chi connectivity index (χ4v) is 2.49. The predicted molar refractivity (Wildman–Crippen MR) is 87.3 cm³/mol. The van der Waals surface area contributed by atoms with Gasteiger partial charge in [-0.3, -0.25) is 4.79 Å². The van der Waals surface area contributed by atoms with Gasteiger partial charge in [-0.2, -0.15) is 0 Å². The van der Waals surface area contributed by atoms with E-state index in [0.29, 0.717) is 18.6 Å². The van der Waals surface area contributed by atoms with Crippen LogP contribution in [0.15, 0.2) is 54.3 Å². The van der Waals surface area contributed by atoms with Crippen molar-refractivity contribution in [2.45, 2.75) is 51.9 Å². The summed E-state index contributed by atoms with van der Waals surface area (Å²) in [5.74, 6) is 0.0757. The highest BCUT2D eigenvalue weighted by Crippen LogP contribution is 2.31. The van der Waals surface area contributed by atoms with E-state index in [4.69, 9.17) is 9.47 Å². The van der Waals surface area contributed by atoms with Gasteiger partial charge in [-0.25, -0.2) is 0 Å². The molecule has 1 aliphatic rings. The molecule has 0 amide bonds. The van der Waals surface area contributed by atoms with Gasteiger partial charge in [0.15, 0.2) is 5.78 Å². The Morgan fingerprint density at radius 2 is 2.09 bits per heavy atom. The van der Waals surface area contributed by atoms with E-state index in [1.165, 1.54) is 0 Å². The zero-order valence-corrected chi connectivity index (χ0v) is 13.6. The van der Waals surface area contributed by atoms with Gasteiger partial charge in [0.2, 0.25) is 0 Å². The molecule has 0 aromatic heterocycles. The van der Waals surface area contributed by atoms with Crippen molar-refractivity contribution in [3.63, 3.8) is 0 Å². The van der Waals surface area contributed by atoms with Gasteiger partial charge in [-0.15, -0.1) is 0 Å². The molecule has 0 bridgehead atoms. The number of ether oxygens (including phenoxy) is 2. The minimum absolute atomic E-state index is 0.0757. The SMILES string of the molecule is C=C(C)C1=COC(C(C)(CC)OCc2ccccc2)CC1=O. The van der Waals surface area contributed by atoms with Crippen molar-refractivity contribution in [2.75, 3.05) is 0 Å². The number of hydrogen-bond acceptors (Lipinski definition) is 3. The maximum atomic E-state index is 12.2. The molecular weight excluding hydrogens is 276 g/mol. The second-order valence-electron chi connectivity index (χ2n) is 6.00. The molecule has 2 atom stereocenters. The first-order valence-electron chi connectivity index (χ1n) is 7.69. The standard InChI is InChI=1S/C19H24O3/c1-5-19(4,22-12-15-9-7-6-8-10-15)18-11-17(20)16(13-21-18)14(2)3/h6-10,13,18H,2,5,11-12H2,1,3-4H3. The smallest absolute Gasteiger partial charge is 0.170 e. The van der Waals surface area contributed by atoms with E-state index in [1.807, 2.05) is 44.2 Å². The van der Waals surface area contributed by atoms with Crippen molar-refractivity contribution in [1.29, 1.82) is 0 Å². The van der Waals surface area contributed by atoms with Crippen LogP contribution in [0, 0.1) is 0 Å². The Morgan fingerprint density at radius 3 is 2.64 bits per heavy atom. The minimum Gasteiger partial charge on any atom is -0.494 e. The average Bonchev–Trinajstić information content (AvgIpc) is 2.53. The molecular formula is C19H24O3. The summed E-state index contributed by atoms with van der Waals surface area (Å²) in [6.07, 6.45) is 2.38. The molecule has 22 heavy (non-hydrogen) atoms. The van der Waals surface area contributed by atoms with E-state index in [0.717, 1.165) is 17.6 Å². The van der Waals surface area contributed by atoms with E-state index in [-0.39, 0.29) is 11.9 Å². The zero-order valence-electron chi connectivity index (χ0n) is 13.6. The van der Waals surface area contributed by atoms with Gasteiger partial charge in [-0.05, 0) is 31.4 Å². The largest absolute Gasteiger partial charge is 0.494 e. The van der Waals surface area contributed by atoms with Crippen LogP contribution < -0.4 is 0 Å². The van der Waals surface area contributed by atoms with Crippen LogP contribution in [0.2, 0.25) is 0 Å². The summed E-state index contributed by atoms with van der Waals surface area (Å²) in [5, 5.41) is 0. The zero-order chi connectivity index (χ0) is 16.2. The first-order chi connectivity index (χ1) is 10.5. The lowest BCUT2D eigenvalue weighted by molar-refractivity contribution is -0.144. The first kappa shape index (κ1) is 16.5. The van der Waals surface area contributed by atoms with Crippen LogP contribution in [0.25, 0.3) is 0 Å². The average molecular weight is 300 g/mol. The Labute approximate surface area is 132 Å². The Balaban J connectivity index is 2.07. The summed E-state index contributed by atoms with van der Waals surface area (Å²) >= 11 is 0. The number of allylic oxidation sites excluding steroid dienone is 2. The Morgan fingerprint density at radius 1 is 1.41 bits per heavy atom. The summed E-state index contributed by atoms with van der Waals surface area (Å²) in [6, 6.07) is 10.0. The first-order valence-corrected chi connectivity index (χ1v) is 7.69. The fourth-order valence-electron chi connectivity index (χ4n) is 2.49. The normalized spacial score (nSPS) is 20.8. The van der Waals surface area contributed by atoms with Crippen molar-refractivity contribution in [3.05, 3.63) is 59.9 Å². The lowest BCUT2D eigenvalue weighted by atomic mass is 9.88. The molecule has 0 saturated heterocycles. The van der Waals surface area contributed by atoms with Gasteiger partial charge >= 0.3 is 0 Å². The summed E-state index contributed by atoms with van der Waals surface area (Å²) < 4.78 is 11.9. The lowest BCUT2D eigenvalue weighted by Gasteiger charge is -2.38. The number of hydrogen-bond donors (Lipinski definition) is 0. The van der Waals surface area contributed by atoms with Gasteiger partial charge in [-0.1, -0.05) is 43.8 Å². The van der Waals surface area contributed by atoms with Crippen LogP contribution in [0.4, 0.5) is 0 Å². The van der Waals surface area contributed by atoms with Gasteiger partial charge < -0.3 is 9.47 Å². The second kappa shape index (κ2) is 6.93. The highest BCUT2D eigenvalue weighted by Gasteiger charge is 2.39. The monoisotopic (exact) mass is 300 g/mol. The number of ketones is 1. The summed E-state index contributed by atoms with van der Waals surface area (Å²) in [7, 11) is 0. The Bertz CT molecular complexity index is 574. The van der Waals surface area contributed by atoms with Crippen LogP contribution in [0.1, 0.15) is 39.2 Å². The van der Waals surface area contributed by atoms with Crippen LogP contribution in [-0.2, 0) is 20.9 Å². The molecule has 1 aromatic carbocycles. The summed E-state index contributed by atoms with van der Waals surface area (Å²) in [4.78, 5) is 12.2. The molecule has 1 heterocycles. The van der Waals surface area contributed by atoms with Crippen molar-refractivity contribution >= 4 is 5.78 Å². The molecule has 1 aromatic rings. The third kappa shape index (κ3) is 3.66. The topological polar surface area (TPSA) is 35.5 Å². The highest BCUT2D eigenvalue weighted by atomic mass is 16.5. The lowest BCUT2D eigenvalue weighted by Crippen LogP contribution is -2.45. The molecule has 0 aliphatic carbocycles. The summed E-state index contributed by atoms with van der Waals surface area (Å²) in [5.41, 5.74) is 1.94. The van der Waals surface area contributed by atoms with Crippen LogP contribution >= 0.6 is 0 Å². The van der Waals surface area contributed by atoms with Gasteiger partial charge in [0.05, 0.1) is 24.9 Å². The van der Waals surface area contributed by atoms with Gasteiger partial charge in [0, 0.05) is 0 Å². The number of Topliss-reactive ketones (excluding diaryl/α,β-unsaturated/α-hetero) is 1. The van der Waals surface area contributed by atoms with E-state index in [9.17, 15) is 4.79 Å². The fraction of sp³-hybridized carbons (Fsp3) is 0.421. The quantitative estimate of drug-likeness (QED) is 0.790. The van der Waals surface area contributed by atoms with E-state index < -0.39 is 5.60 Å². The number of rotatable bonds is 6. The van der Waals surface area contributed by atoms with Crippen LogP contribution in [0.3, 0.4) is 0 Å². The third-order valence-corrected chi connectivity index (χ3v) is 4.28. The van der Waals surface area contributed by atoms with E-state index in [1.54, 1.807) is 6.26 Å². The van der Waals surface area contributed by atoms with Crippen LogP contribution in [-0.4, -0.2) is 17.5 Å². The van der Waals surface area contributed by atoms with E-state index >= 15 is 0 Å². The maximum Gasteiger partial charge on any atom is 0.170 e. The number of benzene rings is 1. The predicted octanol–water partition coefficient (Wildman–Crippen LogP) is 4.19. The maximum absolute atomic E-state index is 12.2. The molecule has 0 radical (unpaired) electrons. The molecule has 0 saturated carbocycles. The second-order valence-corrected chi connectivity index (χ2v) is 6.00. The Kier molecular flexibility index (Phi) is 5.19. The highest BCUT2D eigenvalue weighted by molar-refractivity contribution is 5.99. The molecule has 118 valence electrons. The number of carbonyl (C=O) groups is 1. The minimum atomic E-state index is -0.497. The van der Waals surface area contributed by atoms with Gasteiger partial charge in [0.25, 0.3) is 0 Å². The van der Waals surface area contributed by atoms with Gasteiger partial charge in [0.1, 0.15) is 11.7 Å². The van der Waals surface area contributed by atoms with Crippen molar-refractivity contribution < 1.29 is 14.3 Å². The molecule has 0 fully saturated rings. The molecule has 0 N–H and O–H groups in total. The molecule has 1 aliphatic heterocycles. The number of carbonyl (C=O) groups excluding carboxylic acids is 1. The molecule has 2 rings (SSSR count). The van der Waals surface area contributed by atoms with Crippen molar-refractivity contribution in [2.24, 2.45) is 0 Å². The summed E-state index contributed by atoms with van der Waals surface area (Å²) in [6.45, 7) is 10.2. The van der Waals surface area contributed by atoms with Crippen molar-refractivity contribution in [1.82, 2.24) is 0 Å². The Hall–Kier alpha value is -1.87. The molecule has 3 heteroatoms. The van der Waals surface area contributed by atoms with E-state index in [2.05, 4.69) is 13.5 Å².